The van der Waals surface area contributed by atoms with Crippen LogP contribution in [0.5, 0.6) is 5.75 Å². The first kappa shape index (κ1) is 14.0. The molecular formula is C13H12ClN5OS. The van der Waals surface area contributed by atoms with E-state index in [1.165, 1.54) is 17.7 Å². The second-order valence-electron chi connectivity index (χ2n) is 4.54. The molecule has 0 radical (unpaired) electrons. The van der Waals surface area contributed by atoms with Crippen LogP contribution in [-0.4, -0.2) is 31.1 Å². The molecule has 1 aromatic carbocycles. The Labute approximate surface area is 130 Å². The van der Waals surface area contributed by atoms with Gasteiger partial charge in [-0.1, -0.05) is 22.9 Å². The summed E-state index contributed by atoms with van der Waals surface area (Å²) in [6.07, 6.45) is 3.11. The van der Waals surface area contributed by atoms with Crippen molar-refractivity contribution in [1.82, 2.24) is 25.0 Å². The summed E-state index contributed by atoms with van der Waals surface area (Å²) in [7, 11) is 0. The molecule has 3 rings (SSSR count). The van der Waals surface area contributed by atoms with Gasteiger partial charge in [-0.25, -0.2) is 4.98 Å². The monoisotopic (exact) mass is 321 g/mol. The van der Waals surface area contributed by atoms with E-state index < -0.39 is 0 Å². The number of nitrogens with zero attached hydrogens (tertiary/aromatic N) is 5. The Bertz CT molecular complexity index is 741. The number of benzene rings is 1. The Morgan fingerprint density at radius 2 is 2.14 bits per heavy atom. The van der Waals surface area contributed by atoms with E-state index in [1.54, 1.807) is 11.0 Å². The van der Waals surface area contributed by atoms with Gasteiger partial charge in [0.1, 0.15) is 23.4 Å². The van der Waals surface area contributed by atoms with Gasteiger partial charge in [0, 0.05) is 5.56 Å². The van der Waals surface area contributed by atoms with E-state index in [-0.39, 0.29) is 6.10 Å². The van der Waals surface area contributed by atoms with Crippen molar-refractivity contribution in [3.05, 3.63) is 35.9 Å². The van der Waals surface area contributed by atoms with Crippen molar-refractivity contribution >= 4 is 22.9 Å². The lowest BCUT2D eigenvalue weighted by atomic mass is 10.2. The zero-order valence-electron chi connectivity index (χ0n) is 11.4. The van der Waals surface area contributed by atoms with Crippen molar-refractivity contribution in [2.75, 3.05) is 0 Å². The maximum absolute atomic E-state index is 6.23. The summed E-state index contributed by atoms with van der Waals surface area (Å²) in [5, 5.41) is 14.2. The largest absolute Gasteiger partial charge is 0.489 e. The molecule has 0 saturated heterocycles. The molecule has 108 valence electrons. The average Bonchev–Trinajstić information content (AvgIpc) is 3.10. The predicted octanol–water partition coefficient (Wildman–Crippen LogP) is 3.23. The molecule has 0 bridgehead atoms. The van der Waals surface area contributed by atoms with E-state index in [0.717, 1.165) is 10.6 Å². The molecule has 0 atom stereocenters. The molecule has 3 aromatic rings. The van der Waals surface area contributed by atoms with Gasteiger partial charge >= 0.3 is 0 Å². The highest BCUT2D eigenvalue weighted by Gasteiger charge is 2.11. The van der Waals surface area contributed by atoms with Crippen molar-refractivity contribution < 1.29 is 4.74 Å². The van der Waals surface area contributed by atoms with Gasteiger partial charge in [0.05, 0.1) is 11.1 Å². The van der Waals surface area contributed by atoms with Gasteiger partial charge in [0.25, 0.3) is 0 Å². The Morgan fingerprint density at radius 1 is 1.29 bits per heavy atom. The second kappa shape index (κ2) is 5.79. The van der Waals surface area contributed by atoms with Gasteiger partial charge in [-0.3, -0.25) is 0 Å². The van der Waals surface area contributed by atoms with Gasteiger partial charge < -0.3 is 4.74 Å². The molecule has 2 heterocycles. The quantitative estimate of drug-likeness (QED) is 0.738. The van der Waals surface area contributed by atoms with Crippen molar-refractivity contribution in [2.45, 2.75) is 20.0 Å². The molecule has 0 N–H and O–H groups in total. The number of hydrogen-bond donors (Lipinski definition) is 0. The summed E-state index contributed by atoms with van der Waals surface area (Å²) >= 11 is 7.64. The SMILES string of the molecule is CC(C)Oc1ccc(-c2nnc(-n3cncn3)s2)cc1Cl. The van der Waals surface area contributed by atoms with Crippen LogP contribution in [0.15, 0.2) is 30.9 Å². The van der Waals surface area contributed by atoms with Gasteiger partial charge in [0.15, 0.2) is 0 Å². The molecule has 0 unspecified atom stereocenters. The number of rotatable bonds is 4. The van der Waals surface area contributed by atoms with Gasteiger partial charge in [-0.2, -0.15) is 9.78 Å². The van der Waals surface area contributed by atoms with Gasteiger partial charge in [-0.05, 0) is 32.0 Å². The summed E-state index contributed by atoms with van der Waals surface area (Å²) in [5.74, 6) is 0.663. The molecule has 2 aromatic heterocycles. The van der Waals surface area contributed by atoms with E-state index in [4.69, 9.17) is 16.3 Å². The first-order valence-corrected chi connectivity index (χ1v) is 7.48. The smallest absolute Gasteiger partial charge is 0.234 e. The third-order valence-corrected chi connectivity index (χ3v) is 3.83. The summed E-state index contributed by atoms with van der Waals surface area (Å²) in [5.41, 5.74) is 0.889. The minimum absolute atomic E-state index is 0.0776. The van der Waals surface area contributed by atoms with E-state index in [1.807, 2.05) is 32.0 Å². The van der Waals surface area contributed by atoms with Crippen LogP contribution in [0.25, 0.3) is 15.7 Å². The normalized spacial score (nSPS) is 11.0. The van der Waals surface area contributed by atoms with Crippen molar-refractivity contribution in [2.24, 2.45) is 0 Å². The van der Waals surface area contributed by atoms with Gasteiger partial charge in [-0.15, -0.1) is 10.2 Å². The Kier molecular flexibility index (Phi) is 3.85. The molecule has 0 aliphatic carbocycles. The second-order valence-corrected chi connectivity index (χ2v) is 5.90. The molecule has 6 nitrogen and oxygen atoms in total. The van der Waals surface area contributed by atoms with E-state index >= 15 is 0 Å². The highest BCUT2D eigenvalue weighted by Crippen LogP contribution is 2.32. The van der Waals surface area contributed by atoms with Crippen LogP contribution in [0.4, 0.5) is 0 Å². The number of aromatic nitrogens is 5. The first-order valence-electron chi connectivity index (χ1n) is 6.28. The molecule has 0 amide bonds. The predicted molar refractivity (Wildman–Crippen MR) is 81.0 cm³/mol. The summed E-state index contributed by atoms with van der Waals surface area (Å²) < 4.78 is 7.18. The Hall–Kier alpha value is -1.99. The molecule has 0 fully saturated rings. The lowest BCUT2D eigenvalue weighted by Gasteiger charge is -2.11. The zero-order valence-corrected chi connectivity index (χ0v) is 13.0. The van der Waals surface area contributed by atoms with Crippen LogP contribution in [0.1, 0.15) is 13.8 Å². The van der Waals surface area contributed by atoms with Crippen LogP contribution >= 0.6 is 22.9 Å². The highest BCUT2D eigenvalue weighted by atomic mass is 35.5. The minimum atomic E-state index is 0.0776. The van der Waals surface area contributed by atoms with Crippen LogP contribution in [0.2, 0.25) is 5.02 Å². The van der Waals surface area contributed by atoms with Crippen molar-refractivity contribution in [1.29, 1.82) is 0 Å². The lowest BCUT2D eigenvalue weighted by Crippen LogP contribution is -2.05. The fraction of sp³-hybridized carbons (Fsp3) is 0.231. The van der Waals surface area contributed by atoms with Crippen molar-refractivity contribution in [3.8, 4) is 21.5 Å². The van der Waals surface area contributed by atoms with E-state index in [0.29, 0.717) is 15.9 Å². The molecule has 21 heavy (non-hydrogen) atoms. The number of halogens is 1. The van der Waals surface area contributed by atoms with E-state index in [9.17, 15) is 0 Å². The standard InChI is InChI=1S/C13H12ClN5OS/c1-8(2)20-11-4-3-9(5-10(11)14)12-17-18-13(21-12)19-7-15-6-16-19/h3-8H,1-2H3. The van der Waals surface area contributed by atoms with Crippen LogP contribution in [-0.2, 0) is 0 Å². The van der Waals surface area contributed by atoms with Crippen LogP contribution in [0, 0.1) is 0 Å². The minimum Gasteiger partial charge on any atom is -0.489 e. The summed E-state index contributed by atoms with van der Waals surface area (Å²) in [6.45, 7) is 3.92. The van der Waals surface area contributed by atoms with Crippen LogP contribution < -0.4 is 4.74 Å². The number of ether oxygens (including phenoxy) is 1. The molecule has 0 spiro atoms. The molecule has 0 aliphatic heterocycles. The van der Waals surface area contributed by atoms with E-state index in [2.05, 4.69) is 20.3 Å². The topological polar surface area (TPSA) is 65.7 Å². The third-order valence-electron chi connectivity index (χ3n) is 2.57. The maximum Gasteiger partial charge on any atom is 0.234 e. The summed E-state index contributed by atoms with van der Waals surface area (Å²) in [4.78, 5) is 3.89. The van der Waals surface area contributed by atoms with Gasteiger partial charge in [0.2, 0.25) is 5.13 Å². The number of hydrogen-bond acceptors (Lipinski definition) is 6. The molecule has 0 aliphatic rings. The average molecular weight is 322 g/mol. The zero-order chi connectivity index (χ0) is 14.8. The lowest BCUT2D eigenvalue weighted by molar-refractivity contribution is 0.242. The molecule has 0 saturated carbocycles. The van der Waals surface area contributed by atoms with Crippen LogP contribution in [0.3, 0.4) is 0 Å². The third kappa shape index (κ3) is 3.03. The highest BCUT2D eigenvalue weighted by molar-refractivity contribution is 7.17. The first-order chi connectivity index (χ1) is 10.1. The Morgan fingerprint density at radius 3 is 2.81 bits per heavy atom. The summed E-state index contributed by atoms with van der Waals surface area (Å²) in [6, 6.07) is 5.58. The molecular weight excluding hydrogens is 310 g/mol. The fourth-order valence-corrected chi connectivity index (χ4v) is 2.71. The fourth-order valence-electron chi connectivity index (χ4n) is 1.72. The molecule has 8 heteroatoms. The maximum atomic E-state index is 6.23. The Balaban J connectivity index is 1.89. The van der Waals surface area contributed by atoms with Crippen molar-refractivity contribution in [3.63, 3.8) is 0 Å².